The van der Waals surface area contributed by atoms with Gasteiger partial charge in [-0.2, -0.15) is 5.10 Å². The Kier molecular flexibility index (Phi) is 4.30. The zero-order chi connectivity index (χ0) is 13.9. The molecule has 0 aliphatic rings. The predicted octanol–water partition coefficient (Wildman–Crippen LogP) is 0.188. The molecule has 0 unspecified atom stereocenters. The van der Waals surface area contributed by atoms with Gasteiger partial charge >= 0.3 is 0 Å². The summed E-state index contributed by atoms with van der Waals surface area (Å²) >= 11 is 1.24. The minimum Gasteiger partial charge on any atom is -0.391 e. The smallest absolute Gasteiger partial charge is 0.242 e. The van der Waals surface area contributed by atoms with Crippen molar-refractivity contribution in [3.8, 4) is 0 Å². The third kappa shape index (κ3) is 3.18. The van der Waals surface area contributed by atoms with Gasteiger partial charge in [0.1, 0.15) is 17.0 Å². The highest BCUT2D eigenvalue weighted by Gasteiger charge is 2.22. The number of aliphatic hydroxyl groups is 1. The molecule has 2 rings (SSSR count). The average molecular weight is 302 g/mol. The number of thiophene rings is 1. The number of aliphatic hydroxyl groups excluding tert-OH is 1. The highest BCUT2D eigenvalue weighted by Crippen LogP contribution is 2.26. The Bertz CT molecular complexity index is 634. The third-order valence-electron chi connectivity index (χ3n) is 2.52. The molecule has 0 aliphatic heterocycles. The molecule has 2 aromatic rings. The van der Waals surface area contributed by atoms with E-state index in [0.29, 0.717) is 22.7 Å². The number of H-pyrrole nitrogens is 1. The number of nitrogens with one attached hydrogen (secondary N) is 2. The van der Waals surface area contributed by atoms with Crippen LogP contribution in [0.1, 0.15) is 16.3 Å². The van der Waals surface area contributed by atoms with Crippen LogP contribution < -0.4 is 4.72 Å². The Balaban J connectivity index is 2.07. The fourth-order valence-electron chi connectivity index (χ4n) is 1.68. The van der Waals surface area contributed by atoms with Crippen LogP contribution in [0, 0.1) is 6.92 Å². The van der Waals surface area contributed by atoms with Gasteiger partial charge in [-0.3, -0.25) is 5.10 Å². The number of aromatic amines is 1. The van der Waals surface area contributed by atoms with E-state index in [-0.39, 0.29) is 18.0 Å². The van der Waals surface area contributed by atoms with Crippen LogP contribution in [-0.2, 0) is 23.1 Å². The summed E-state index contributed by atoms with van der Waals surface area (Å²) in [6.07, 6.45) is 1.80. The van der Waals surface area contributed by atoms with Crippen LogP contribution >= 0.6 is 11.3 Å². The Morgan fingerprint density at radius 1 is 1.53 bits per heavy atom. The van der Waals surface area contributed by atoms with Crippen molar-refractivity contribution < 1.29 is 13.5 Å². The Labute approximate surface area is 114 Å². The lowest BCUT2D eigenvalue weighted by Crippen LogP contribution is -2.27. The average Bonchev–Trinajstić information content (AvgIpc) is 2.98. The number of hydrogen-bond acceptors (Lipinski definition) is 6. The Hall–Kier alpha value is -1.29. The highest BCUT2D eigenvalue weighted by atomic mass is 32.2. The molecule has 19 heavy (non-hydrogen) atoms. The molecule has 0 aliphatic carbocycles. The van der Waals surface area contributed by atoms with Gasteiger partial charge in [0, 0.05) is 13.0 Å². The zero-order valence-electron chi connectivity index (χ0n) is 10.3. The van der Waals surface area contributed by atoms with E-state index in [0.717, 1.165) is 0 Å². The van der Waals surface area contributed by atoms with Gasteiger partial charge in [-0.1, -0.05) is 0 Å². The van der Waals surface area contributed by atoms with Crippen molar-refractivity contribution in [3.05, 3.63) is 28.0 Å². The van der Waals surface area contributed by atoms with Gasteiger partial charge in [0.05, 0.1) is 11.5 Å². The van der Waals surface area contributed by atoms with Crippen LogP contribution in [0.3, 0.4) is 0 Å². The van der Waals surface area contributed by atoms with E-state index in [1.807, 2.05) is 0 Å². The lowest BCUT2D eigenvalue weighted by molar-refractivity contribution is 0.282. The first-order chi connectivity index (χ1) is 9.04. The van der Waals surface area contributed by atoms with Crippen LogP contribution in [0.25, 0.3) is 0 Å². The number of aryl methyl sites for hydroxylation is 1. The first-order valence-corrected chi connectivity index (χ1v) is 7.92. The standard InChI is InChI=1S/C10H14N4O3S2/c1-7-5-18-8(4-15)10(7)19(16,17)13-3-2-9-11-6-12-14-9/h5-6,13,15H,2-4H2,1H3,(H,11,12,14). The monoisotopic (exact) mass is 302 g/mol. The molecule has 104 valence electrons. The molecule has 2 aromatic heterocycles. The van der Waals surface area contributed by atoms with E-state index in [1.54, 1.807) is 12.3 Å². The molecule has 7 nitrogen and oxygen atoms in total. The van der Waals surface area contributed by atoms with Gasteiger partial charge < -0.3 is 5.11 Å². The van der Waals surface area contributed by atoms with Gasteiger partial charge in [0.15, 0.2) is 0 Å². The summed E-state index contributed by atoms with van der Waals surface area (Å²) in [7, 11) is -3.61. The van der Waals surface area contributed by atoms with Crippen LogP contribution in [0.2, 0.25) is 0 Å². The Morgan fingerprint density at radius 3 is 2.95 bits per heavy atom. The van der Waals surface area contributed by atoms with Crippen molar-refractivity contribution in [2.24, 2.45) is 0 Å². The summed E-state index contributed by atoms with van der Waals surface area (Å²) in [6.45, 7) is 1.65. The summed E-state index contributed by atoms with van der Waals surface area (Å²) in [5.41, 5.74) is 0.640. The molecule has 2 heterocycles. The number of aromatic nitrogens is 3. The number of nitrogens with zero attached hydrogens (tertiary/aromatic N) is 2. The Morgan fingerprint density at radius 2 is 2.32 bits per heavy atom. The van der Waals surface area contributed by atoms with Crippen LogP contribution in [0.4, 0.5) is 0 Å². The van der Waals surface area contributed by atoms with Crippen molar-refractivity contribution in [2.75, 3.05) is 6.54 Å². The molecular weight excluding hydrogens is 288 g/mol. The summed E-state index contributed by atoms with van der Waals surface area (Å²) < 4.78 is 26.8. The molecule has 0 saturated heterocycles. The summed E-state index contributed by atoms with van der Waals surface area (Å²) in [5, 5.41) is 17.2. The predicted molar refractivity (Wildman–Crippen MR) is 70.3 cm³/mol. The van der Waals surface area contributed by atoms with E-state index in [2.05, 4.69) is 19.9 Å². The first-order valence-electron chi connectivity index (χ1n) is 5.56. The summed E-state index contributed by atoms with van der Waals surface area (Å²) in [5.74, 6) is 0.618. The molecule has 0 aromatic carbocycles. The largest absolute Gasteiger partial charge is 0.391 e. The van der Waals surface area contributed by atoms with E-state index < -0.39 is 10.0 Å². The lowest BCUT2D eigenvalue weighted by Gasteiger charge is -2.07. The highest BCUT2D eigenvalue weighted by molar-refractivity contribution is 7.89. The fraction of sp³-hybridized carbons (Fsp3) is 0.400. The maximum atomic E-state index is 12.2. The van der Waals surface area contributed by atoms with Crippen LogP contribution in [0.15, 0.2) is 16.6 Å². The van der Waals surface area contributed by atoms with E-state index >= 15 is 0 Å². The van der Waals surface area contributed by atoms with Crippen molar-refractivity contribution in [1.29, 1.82) is 0 Å². The van der Waals surface area contributed by atoms with Crippen LogP contribution in [0.5, 0.6) is 0 Å². The second kappa shape index (κ2) is 5.78. The quantitative estimate of drug-likeness (QED) is 0.706. The van der Waals surface area contributed by atoms with Crippen molar-refractivity contribution in [2.45, 2.75) is 24.8 Å². The van der Waals surface area contributed by atoms with Gasteiger partial charge in [-0.25, -0.2) is 18.1 Å². The van der Waals surface area contributed by atoms with Gasteiger partial charge in [-0.15, -0.1) is 11.3 Å². The number of rotatable bonds is 6. The van der Waals surface area contributed by atoms with Crippen molar-refractivity contribution in [1.82, 2.24) is 19.9 Å². The van der Waals surface area contributed by atoms with E-state index in [4.69, 9.17) is 5.11 Å². The molecule has 0 saturated carbocycles. The molecule has 0 radical (unpaired) electrons. The van der Waals surface area contributed by atoms with E-state index in [1.165, 1.54) is 17.7 Å². The van der Waals surface area contributed by atoms with Crippen LogP contribution in [-0.4, -0.2) is 35.3 Å². The number of hydrogen-bond donors (Lipinski definition) is 3. The molecule has 0 amide bonds. The summed E-state index contributed by atoms with van der Waals surface area (Å²) in [4.78, 5) is 4.54. The minimum absolute atomic E-state index is 0.178. The minimum atomic E-state index is -3.61. The molecular formula is C10H14N4O3S2. The molecule has 0 spiro atoms. The fourth-order valence-corrected chi connectivity index (χ4v) is 4.37. The maximum absolute atomic E-state index is 12.2. The normalized spacial score (nSPS) is 11.9. The van der Waals surface area contributed by atoms with Gasteiger partial charge in [0.25, 0.3) is 0 Å². The van der Waals surface area contributed by atoms with Crippen molar-refractivity contribution in [3.63, 3.8) is 0 Å². The number of sulfonamides is 1. The topological polar surface area (TPSA) is 108 Å². The second-order valence-electron chi connectivity index (χ2n) is 3.91. The summed E-state index contributed by atoms with van der Waals surface area (Å²) in [6, 6.07) is 0. The molecule has 0 fully saturated rings. The van der Waals surface area contributed by atoms with Crippen molar-refractivity contribution >= 4 is 21.4 Å². The molecule has 9 heteroatoms. The van der Waals surface area contributed by atoms with Gasteiger partial charge in [0.2, 0.25) is 10.0 Å². The van der Waals surface area contributed by atoms with Gasteiger partial charge in [-0.05, 0) is 17.9 Å². The molecule has 0 atom stereocenters. The SMILES string of the molecule is Cc1csc(CO)c1S(=O)(=O)NCCc1ncn[nH]1. The van der Waals surface area contributed by atoms with E-state index in [9.17, 15) is 8.42 Å². The second-order valence-corrected chi connectivity index (χ2v) is 6.58. The first kappa shape index (κ1) is 14.1. The third-order valence-corrected chi connectivity index (χ3v) is 5.43. The zero-order valence-corrected chi connectivity index (χ0v) is 11.9. The lowest BCUT2D eigenvalue weighted by atomic mass is 10.3. The molecule has 0 bridgehead atoms. The molecule has 3 N–H and O–H groups in total. The maximum Gasteiger partial charge on any atom is 0.242 e.